The minimum atomic E-state index is -0.754. The van der Waals surface area contributed by atoms with Crippen molar-refractivity contribution in [2.75, 3.05) is 6.61 Å². The topological polar surface area (TPSA) is 72.8 Å². The van der Waals surface area contributed by atoms with Crippen LogP contribution in [0.1, 0.15) is 107 Å². The maximum atomic E-state index is 12.2. The lowest BCUT2D eigenvalue weighted by atomic mass is 9.37. The van der Waals surface area contributed by atoms with Gasteiger partial charge in [0.1, 0.15) is 12.7 Å². The van der Waals surface area contributed by atoms with Gasteiger partial charge in [0.2, 0.25) is 0 Å². The maximum absolute atomic E-state index is 12.2. The normalized spacial score (nSPS) is 41.7. The average Bonchev–Trinajstić information content (AvgIpc) is 2.64. The van der Waals surface area contributed by atoms with Gasteiger partial charge in [-0.1, -0.05) is 39.7 Å². The van der Waals surface area contributed by atoms with E-state index in [9.17, 15) is 14.7 Å². The van der Waals surface area contributed by atoms with Crippen molar-refractivity contribution >= 4 is 11.9 Å². The SMILES string of the molecule is CC(=O)OC/C=C(/C)CC[C@H]1[C@]2(C)C[C@H](OC(C)=O)[C@H]3C(C)(C)CCC[C@]3(C)[C@H]2CC[C@]1(C)O. The summed E-state index contributed by atoms with van der Waals surface area (Å²) in [5, 5.41) is 11.7. The molecule has 3 rings (SSSR count). The van der Waals surface area contributed by atoms with E-state index in [1.807, 2.05) is 13.0 Å². The monoisotopic (exact) mass is 476 g/mol. The predicted molar refractivity (Wildman–Crippen MR) is 134 cm³/mol. The Bertz CT molecular complexity index is 811. The summed E-state index contributed by atoms with van der Waals surface area (Å²) in [6, 6.07) is 0. The van der Waals surface area contributed by atoms with Crippen LogP contribution in [0.4, 0.5) is 0 Å². The van der Waals surface area contributed by atoms with Gasteiger partial charge in [0.15, 0.2) is 0 Å². The molecule has 0 spiro atoms. The Kier molecular flexibility index (Phi) is 7.68. The number of esters is 2. The molecule has 3 aliphatic carbocycles. The van der Waals surface area contributed by atoms with E-state index in [1.165, 1.54) is 32.3 Å². The molecule has 0 aliphatic heterocycles. The minimum Gasteiger partial charge on any atom is -0.462 e. The number of fused-ring (bicyclic) bond motifs is 3. The second-order valence-corrected chi connectivity index (χ2v) is 13.1. The Morgan fingerprint density at radius 3 is 2.26 bits per heavy atom. The fraction of sp³-hybridized carbons (Fsp3) is 0.862. The molecule has 0 aromatic carbocycles. The molecule has 0 amide bonds. The Hall–Kier alpha value is -1.36. The highest BCUT2D eigenvalue weighted by molar-refractivity contribution is 5.66. The average molecular weight is 477 g/mol. The summed E-state index contributed by atoms with van der Waals surface area (Å²) in [4.78, 5) is 23.3. The molecule has 0 saturated heterocycles. The molecule has 3 aliphatic rings. The smallest absolute Gasteiger partial charge is 0.302 e. The van der Waals surface area contributed by atoms with Gasteiger partial charge in [-0.2, -0.15) is 0 Å². The molecule has 0 bridgehead atoms. The number of hydrogen-bond acceptors (Lipinski definition) is 5. The third-order valence-electron chi connectivity index (χ3n) is 10.0. The van der Waals surface area contributed by atoms with Crippen molar-refractivity contribution in [2.45, 2.75) is 118 Å². The van der Waals surface area contributed by atoms with E-state index >= 15 is 0 Å². The molecule has 7 atom stereocenters. The van der Waals surface area contributed by atoms with Crippen LogP contribution in [0, 0.1) is 34.0 Å². The lowest BCUT2D eigenvalue weighted by molar-refractivity contribution is -0.248. The number of allylic oxidation sites excluding steroid dienone is 1. The molecule has 3 fully saturated rings. The third kappa shape index (κ3) is 5.10. The number of carbonyl (C=O) groups is 2. The van der Waals surface area contributed by atoms with Gasteiger partial charge in [0.25, 0.3) is 0 Å². The quantitative estimate of drug-likeness (QED) is 0.363. The second-order valence-electron chi connectivity index (χ2n) is 13.1. The van der Waals surface area contributed by atoms with Crippen molar-refractivity contribution < 1.29 is 24.2 Å². The Labute approximate surface area is 207 Å². The maximum Gasteiger partial charge on any atom is 0.302 e. The van der Waals surface area contributed by atoms with Crippen LogP contribution in [0.2, 0.25) is 0 Å². The molecule has 0 unspecified atom stereocenters. The molecule has 34 heavy (non-hydrogen) atoms. The van der Waals surface area contributed by atoms with Crippen molar-refractivity contribution in [3.05, 3.63) is 11.6 Å². The van der Waals surface area contributed by atoms with Crippen LogP contribution in [0.25, 0.3) is 0 Å². The van der Waals surface area contributed by atoms with Crippen LogP contribution >= 0.6 is 0 Å². The predicted octanol–water partition coefficient (Wildman–Crippen LogP) is 6.23. The van der Waals surface area contributed by atoms with E-state index in [4.69, 9.17) is 9.47 Å². The summed E-state index contributed by atoms with van der Waals surface area (Å²) in [7, 11) is 0. The largest absolute Gasteiger partial charge is 0.462 e. The second kappa shape index (κ2) is 9.59. The third-order valence-corrected chi connectivity index (χ3v) is 10.0. The summed E-state index contributed by atoms with van der Waals surface area (Å²) in [6.07, 6.45) is 9.78. The molecule has 0 heterocycles. The Balaban J connectivity index is 1.94. The molecule has 0 aromatic heterocycles. The van der Waals surface area contributed by atoms with E-state index < -0.39 is 5.60 Å². The summed E-state index contributed by atoms with van der Waals surface area (Å²) in [5.41, 5.74) is 0.522. The summed E-state index contributed by atoms with van der Waals surface area (Å²) in [5.74, 6) is 0.471. The van der Waals surface area contributed by atoms with Crippen LogP contribution in [0.15, 0.2) is 11.6 Å². The van der Waals surface area contributed by atoms with E-state index in [0.717, 1.165) is 38.5 Å². The highest BCUT2D eigenvalue weighted by Gasteiger charge is 2.67. The van der Waals surface area contributed by atoms with Crippen LogP contribution in [0.3, 0.4) is 0 Å². The highest BCUT2D eigenvalue weighted by Crippen LogP contribution is 2.70. The number of hydrogen-bond donors (Lipinski definition) is 1. The van der Waals surface area contributed by atoms with E-state index in [0.29, 0.717) is 18.4 Å². The van der Waals surface area contributed by atoms with Gasteiger partial charge < -0.3 is 14.6 Å². The van der Waals surface area contributed by atoms with Crippen LogP contribution in [-0.4, -0.2) is 35.4 Å². The minimum absolute atomic E-state index is 0.0871. The van der Waals surface area contributed by atoms with E-state index in [2.05, 4.69) is 34.6 Å². The van der Waals surface area contributed by atoms with Gasteiger partial charge in [-0.05, 0) is 93.0 Å². The number of aliphatic hydroxyl groups is 1. The zero-order valence-electron chi connectivity index (χ0n) is 22.8. The number of rotatable bonds is 6. The number of carbonyl (C=O) groups excluding carboxylic acids is 2. The molecule has 1 N–H and O–H groups in total. The summed E-state index contributed by atoms with van der Waals surface area (Å²) < 4.78 is 11.2. The first-order chi connectivity index (χ1) is 15.6. The zero-order chi connectivity index (χ0) is 25.5. The van der Waals surface area contributed by atoms with Gasteiger partial charge in [-0.3, -0.25) is 9.59 Å². The molecular weight excluding hydrogens is 428 g/mol. The van der Waals surface area contributed by atoms with Crippen LogP contribution in [0.5, 0.6) is 0 Å². The standard InChI is InChI=1S/C29H48O5/c1-19(13-17-33-20(2)30)10-11-24-28(7)18-22(34-21(3)31)25-26(4,5)14-9-15-27(25,6)23(28)12-16-29(24,8)32/h13,22-25,32H,9-12,14-18H2,1-8H3/b19-13-/t22-,23+,24-,25-,27+,28+,29-/m0/s1. The first-order valence-electron chi connectivity index (χ1n) is 13.3. The lowest BCUT2D eigenvalue weighted by Gasteiger charge is -2.69. The molecule has 5 nitrogen and oxygen atoms in total. The van der Waals surface area contributed by atoms with Crippen molar-refractivity contribution in [3.8, 4) is 0 Å². The van der Waals surface area contributed by atoms with Crippen molar-refractivity contribution in [2.24, 2.45) is 34.0 Å². The zero-order valence-corrected chi connectivity index (χ0v) is 22.8. The Morgan fingerprint density at radius 1 is 0.971 bits per heavy atom. The molecule has 0 radical (unpaired) electrons. The van der Waals surface area contributed by atoms with Gasteiger partial charge >= 0.3 is 11.9 Å². The summed E-state index contributed by atoms with van der Waals surface area (Å²) in [6.45, 7) is 16.9. The van der Waals surface area contributed by atoms with Gasteiger partial charge in [0, 0.05) is 19.8 Å². The van der Waals surface area contributed by atoms with Crippen LogP contribution < -0.4 is 0 Å². The molecular formula is C29H48O5. The molecule has 0 aromatic rings. The van der Waals surface area contributed by atoms with Gasteiger partial charge in [-0.25, -0.2) is 0 Å². The summed E-state index contributed by atoms with van der Waals surface area (Å²) >= 11 is 0. The van der Waals surface area contributed by atoms with E-state index in [1.54, 1.807) is 0 Å². The number of ether oxygens (including phenoxy) is 2. The first kappa shape index (κ1) is 27.2. The van der Waals surface area contributed by atoms with E-state index in [-0.39, 0.29) is 40.2 Å². The fourth-order valence-corrected chi connectivity index (χ4v) is 9.00. The molecule has 194 valence electrons. The van der Waals surface area contributed by atoms with Crippen molar-refractivity contribution in [1.82, 2.24) is 0 Å². The van der Waals surface area contributed by atoms with Gasteiger partial charge in [0.05, 0.1) is 5.60 Å². The van der Waals surface area contributed by atoms with Gasteiger partial charge in [-0.15, -0.1) is 0 Å². The molecule has 3 saturated carbocycles. The Morgan fingerprint density at radius 2 is 1.65 bits per heavy atom. The van der Waals surface area contributed by atoms with Crippen LogP contribution in [-0.2, 0) is 19.1 Å². The molecule has 5 heteroatoms. The fourth-order valence-electron chi connectivity index (χ4n) is 9.00. The highest BCUT2D eigenvalue weighted by atomic mass is 16.5. The van der Waals surface area contributed by atoms with Crippen molar-refractivity contribution in [1.29, 1.82) is 0 Å². The lowest BCUT2D eigenvalue weighted by Crippen LogP contribution is -2.66. The van der Waals surface area contributed by atoms with Crippen molar-refractivity contribution in [3.63, 3.8) is 0 Å². The first-order valence-corrected chi connectivity index (χ1v) is 13.3.